The van der Waals surface area contributed by atoms with Crippen LogP contribution in [-0.4, -0.2) is 24.7 Å². The molecule has 1 N–H and O–H groups in total. The Balaban J connectivity index is 1.93. The molecule has 0 aliphatic heterocycles. The minimum absolute atomic E-state index is 0.169. The van der Waals surface area contributed by atoms with Crippen LogP contribution in [0.1, 0.15) is 18.3 Å². The summed E-state index contributed by atoms with van der Waals surface area (Å²) in [4.78, 5) is 0. The molecule has 0 saturated heterocycles. The predicted molar refractivity (Wildman–Crippen MR) is 80.4 cm³/mol. The third-order valence-corrected chi connectivity index (χ3v) is 5.79. The van der Waals surface area contributed by atoms with E-state index in [1.165, 1.54) is 11.3 Å². The molecule has 2 heterocycles. The largest absolute Gasteiger partial charge is 0.269 e. The zero-order valence-electron chi connectivity index (χ0n) is 11.8. The first-order valence-electron chi connectivity index (χ1n) is 6.42. The highest BCUT2D eigenvalue weighted by atomic mass is 32.2. The van der Waals surface area contributed by atoms with Crippen molar-refractivity contribution in [2.45, 2.75) is 31.5 Å². The topological polar surface area (TPSA) is 64.0 Å². The van der Waals surface area contributed by atoms with Gasteiger partial charge in [0.2, 0.25) is 10.0 Å². The number of hydrogen-bond donors (Lipinski definition) is 1. The Bertz CT molecular complexity index is 660. The van der Waals surface area contributed by atoms with Crippen molar-refractivity contribution < 1.29 is 8.42 Å². The van der Waals surface area contributed by atoms with E-state index in [4.69, 9.17) is 0 Å². The van der Waals surface area contributed by atoms with E-state index in [0.29, 0.717) is 17.3 Å². The molecule has 2 aromatic heterocycles. The van der Waals surface area contributed by atoms with E-state index in [0.717, 1.165) is 11.4 Å². The molecule has 7 heteroatoms. The molecule has 0 aromatic carbocycles. The molecule has 1 unspecified atom stereocenters. The van der Waals surface area contributed by atoms with Crippen molar-refractivity contribution in [2.75, 3.05) is 6.54 Å². The van der Waals surface area contributed by atoms with Crippen LogP contribution < -0.4 is 4.72 Å². The number of aryl methyl sites for hydroxylation is 2. The van der Waals surface area contributed by atoms with Crippen molar-refractivity contribution in [3.8, 4) is 0 Å². The molecular weight excluding hydrogens is 294 g/mol. The Morgan fingerprint density at radius 2 is 2.20 bits per heavy atom. The first kappa shape index (κ1) is 15.2. The number of nitrogens with zero attached hydrogens (tertiary/aromatic N) is 2. The van der Waals surface area contributed by atoms with Gasteiger partial charge in [-0.15, -0.1) is 11.3 Å². The van der Waals surface area contributed by atoms with Crippen LogP contribution in [0.5, 0.6) is 0 Å². The van der Waals surface area contributed by atoms with E-state index in [1.807, 2.05) is 31.5 Å². The van der Waals surface area contributed by atoms with Crippen LogP contribution in [0.4, 0.5) is 0 Å². The summed E-state index contributed by atoms with van der Waals surface area (Å²) < 4.78 is 28.9. The van der Waals surface area contributed by atoms with Gasteiger partial charge in [0.15, 0.2) is 0 Å². The SMILES string of the molecule is Cc1cc(C)n(CC(C)CNS(=O)(=O)c2cccs2)n1. The quantitative estimate of drug-likeness (QED) is 0.889. The molecule has 0 radical (unpaired) electrons. The molecule has 0 fully saturated rings. The molecule has 0 spiro atoms. The van der Waals surface area contributed by atoms with Crippen molar-refractivity contribution in [2.24, 2.45) is 5.92 Å². The maximum atomic E-state index is 12.0. The van der Waals surface area contributed by atoms with Crippen LogP contribution in [-0.2, 0) is 16.6 Å². The maximum Gasteiger partial charge on any atom is 0.250 e. The molecule has 5 nitrogen and oxygen atoms in total. The third kappa shape index (κ3) is 3.68. The van der Waals surface area contributed by atoms with Gasteiger partial charge in [0, 0.05) is 18.8 Å². The summed E-state index contributed by atoms with van der Waals surface area (Å²) in [5.41, 5.74) is 2.07. The molecular formula is C13H19N3O2S2. The number of aromatic nitrogens is 2. The van der Waals surface area contributed by atoms with Gasteiger partial charge in [-0.25, -0.2) is 13.1 Å². The van der Waals surface area contributed by atoms with Gasteiger partial charge in [0.25, 0.3) is 0 Å². The fraction of sp³-hybridized carbons (Fsp3) is 0.462. The Labute approximate surface area is 123 Å². The number of nitrogens with one attached hydrogen (secondary N) is 1. The third-order valence-electron chi connectivity index (χ3n) is 2.97. The van der Waals surface area contributed by atoms with E-state index >= 15 is 0 Å². The Morgan fingerprint density at radius 1 is 1.45 bits per heavy atom. The van der Waals surface area contributed by atoms with Crippen molar-refractivity contribution in [3.05, 3.63) is 35.0 Å². The second kappa shape index (κ2) is 6.07. The summed E-state index contributed by atoms with van der Waals surface area (Å²) in [6.45, 7) is 7.06. The molecule has 0 saturated carbocycles. The van der Waals surface area contributed by atoms with Gasteiger partial charge in [-0.1, -0.05) is 13.0 Å². The highest BCUT2D eigenvalue weighted by Gasteiger charge is 2.16. The number of hydrogen-bond acceptors (Lipinski definition) is 4. The second-order valence-corrected chi connectivity index (χ2v) is 7.94. The van der Waals surface area contributed by atoms with Gasteiger partial charge in [0.05, 0.1) is 5.69 Å². The summed E-state index contributed by atoms with van der Waals surface area (Å²) in [7, 11) is -3.37. The Kier molecular flexibility index (Phi) is 4.62. The van der Waals surface area contributed by atoms with Crippen LogP contribution in [0.2, 0.25) is 0 Å². The number of rotatable bonds is 6. The second-order valence-electron chi connectivity index (χ2n) is 5.00. The summed E-state index contributed by atoms with van der Waals surface area (Å²) in [5.74, 6) is 0.169. The molecule has 1 atom stereocenters. The standard InChI is InChI=1S/C13H19N3O2S2/c1-10(9-16-12(3)7-11(2)15-16)8-14-20(17,18)13-5-4-6-19-13/h4-7,10,14H,8-9H2,1-3H3. The average Bonchev–Trinajstić information content (AvgIpc) is 2.98. The zero-order chi connectivity index (χ0) is 14.8. The van der Waals surface area contributed by atoms with Gasteiger partial charge >= 0.3 is 0 Å². The summed E-state index contributed by atoms with van der Waals surface area (Å²) in [6, 6.07) is 5.36. The Hall–Kier alpha value is -1.18. The van der Waals surface area contributed by atoms with Crippen LogP contribution in [0.3, 0.4) is 0 Å². The van der Waals surface area contributed by atoms with Crippen LogP contribution >= 0.6 is 11.3 Å². The van der Waals surface area contributed by atoms with Gasteiger partial charge in [-0.3, -0.25) is 4.68 Å². The highest BCUT2D eigenvalue weighted by molar-refractivity contribution is 7.91. The highest BCUT2D eigenvalue weighted by Crippen LogP contribution is 2.15. The fourth-order valence-corrected chi connectivity index (χ4v) is 4.16. The monoisotopic (exact) mass is 313 g/mol. The van der Waals surface area contributed by atoms with Crippen molar-refractivity contribution in [1.82, 2.24) is 14.5 Å². The molecule has 0 bridgehead atoms. The smallest absolute Gasteiger partial charge is 0.250 e. The van der Waals surface area contributed by atoms with Gasteiger partial charge in [-0.05, 0) is 37.3 Å². The zero-order valence-corrected chi connectivity index (χ0v) is 13.5. The molecule has 20 heavy (non-hydrogen) atoms. The molecule has 2 aromatic rings. The van der Waals surface area contributed by atoms with Crippen molar-refractivity contribution in [1.29, 1.82) is 0 Å². The molecule has 110 valence electrons. The minimum atomic E-state index is -3.37. The minimum Gasteiger partial charge on any atom is -0.269 e. The van der Waals surface area contributed by atoms with Crippen molar-refractivity contribution in [3.63, 3.8) is 0 Å². The maximum absolute atomic E-state index is 12.0. The van der Waals surface area contributed by atoms with Crippen LogP contribution in [0, 0.1) is 19.8 Å². The lowest BCUT2D eigenvalue weighted by molar-refractivity contribution is 0.436. The molecule has 0 amide bonds. The van der Waals surface area contributed by atoms with Gasteiger partial charge < -0.3 is 0 Å². The van der Waals surface area contributed by atoms with Gasteiger partial charge in [0.1, 0.15) is 4.21 Å². The number of sulfonamides is 1. The normalized spacial score (nSPS) is 13.6. The Morgan fingerprint density at radius 3 is 2.75 bits per heavy atom. The molecule has 2 rings (SSSR count). The summed E-state index contributed by atoms with van der Waals surface area (Å²) in [5, 5.41) is 6.14. The summed E-state index contributed by atoms with van der Waals surface area (Å²) >= 11 is 1.22. The van der Waals surface area contributed by atoms with E-state index in [9.17, 15) is 8.42 Å². The lowest BCUT2D eigenvalue weighted by atomic mass is 10.2. The lowest BCUT2D eigenvalue weighted by Gasteiger charge is -2.13. The fourth-order valence-electron chi connectivity index (χ4n) is 1.96. The lowest BCUT2D eigenvalue weighted by Crippen LogP contribution is -2.30. The number of thiophene rings is 1. The molecule has 0 aliphatic carbocycles. The predicted octanol–water partition coefficient (Wildman–Crippen LogP) is 2.18. The van der Waals surface area contributed by atoms with E-state index in [-0.39, 0.29) is 5.92 Å². The first-order chi connectivity index (χ1) is 9.38. The summed E-state index contributed by atoms with van der Waals surface area (Å²) in [6.07, 6.45) is 0. The average molecular weight is 313 g/mol. The van der Waals surface area contributed by atoms with E-state index < -0.39 is 10.0 Å². The van der Waals surface area contributed by atoms with Crippen LogP contribution in [0.25, 0.3) is 0 Å². The first-order valence-corrected chi connectivity index (χ1v) is 8.79. The van der Waals surface area contributed by atoms with Crippen molar-refractivity contribution >= 4 is 21.4 Å². The molecule has 0 aliphatic rings. The van der Waals surface area contributed by atoms with E-state index in [2.05, 4.69) is 9.82 Å². The van der Waals surface area contributed by atoms with Gasteiger partial charge in [-0.2, -0.15) is 5.10 Å². The van der Waals surface area contributed by atoms with Crippen LogP contribution in [0.15, 0.2) is 27.8 Å². The van der Waals surface area contributed by atoms with E-state index in [1.54, 1.807) is 17.5 Å².